The van der Waals surface area contributed by atoms with Crippen LogP contribution in [0, 0.1) is 0 Å². The highest BCUT2D eigenvalue weighted by atomic mass is 79.9. The lowest BCUT2D eigenvalue weighted by Crippen LogP contribution is -2.31. The van der Waals surface area contributed by atoms with E-state index in [1.807, 2.05) is 0 Å². The van der Waals surface area contributed by atoms with Crippen LogP contribution in [0.4, 0.5) is 5.69 Å². The van der Waals surface area contributed by atoms with Crippen LogP contribution < -0.4 is 4.90 Å². The number of benzene rings is 1. The highest BCUT2D eigenvalue weighted by Crippen LogP contribution is 2.36. The first-order chi connectivity index (χ1) is 7.34. The number of fused-ring (bicyclic) bond motifs is 1. The minimum Gasteiger partial charge on any atom is -0.368 e. The van der Waals surface area contributed by atoms with E-state index in [0.717, 1.165) is 6.04 Å². The van der Waals surface area contributed by atoms with Crippen molar-refractivity contribution in [1.29, 1.82) is 0 Å². The molecule has 0 amide bonds. The van der Waals surface area contributed by atoms with Crippen LogP contribution in [0.2, 0.25) is 0 Å². The molecule has 0 saturated heterocycles. The first kappa shape index (κ1) is 9.71. The van der Waals surface area contributed by atoms with E-state index in [-0.39, 0.29) is 0 Å². The van der Waals surface area contributed by atoms with Gasteiger partial charge in [-0.15, -0.1) is 0 Å². The minimum absolute atomic E-state index is 0.826. The molecule has 0 unspecified atom stereocenters. The molecule has 1 aliphatic carbocycles. The highest BCUT2D eigenvalue weighted by molar-refractivity contribution is 9.10. The van der Waals surface area contributed by atoms with E-state index in [9.17, 15) is 0 Å². The molecule has 1 aliphatic heterocycles. The van der Waals surface area contributed by atoms with Crippen molar-refractivity contribution >= 4 is 21.6 Å². The molecule has 80 valence electrons. The van der Waals surface area contributed by atoms with E-state index in [2.05, 4.69) is 39.0 Å². The van der Waals surface area contributed by atoms with E-state index in [0.29, 0.717) is 0 Å². The Balaban J connectivity index is 1.90. The number of nitrogens with zero attached hydrogens (tertiary/aromatic N) is 1. The highest BCUT2D eigenvalue weighted by Gasteiger charge is 2.27. The van der Waals surface area contributed by atoms with Crippen molar-refractivity contribution in [3.63, 3.8) is 0 Å². The molecule has 1 aromatic carbocycles. The van der Waals surface area contributed by atoms with Gasteiger partial charge in [-0.2, -0.15) is 0 Å². The van der Waals surface area contributed by atoms with Crippen molar-refractivity contribution < 1.29 is 0 Å². The summed E-state index contributed by atoms with van der Waals surface area (Å²) >= 11 is 3.55. The molecule has 1 aromatic rings. The SMILES string of the molecule is Brc1ccc2c(c1)CCN2C1CCCC1. The average molecular weight is 266 g/mol. The number of halogens is 1. The van der Waals surface area contributed by atoms with Gasteiger partial charge < -0.3 is 4.90 Å². The van der Waals surface area contributed by atoms with Crippen molar-refractivity contribution in [2.45, 2.75) is 38.1 Å². The van der Waals surface area contributed by atoms with Gasteiger partial charge in [-0.05, 0) is 43.0 Å². The third-order valence-electron chi connectivity index (χ3n) is 3.74. The molecule has 0 atom stereocenters. The Bertz CT molecular complexity index is 369. The van der Waals surface area contributed by atoms with E-state index < -0.39 is 0 Å². The third kappa shape index (κ3) is 1.69. The summed E-state index contributed by atoms with van der Waals surface area (Å²) < 4.78 is 1.22. The zero-order valence-electron chi connectivity index (χ0n) is 8.88. The molecule has 1 saturated carbocycles. The maximum Gasteiger partial charge on any atom is 0.0402 e. The molecule has 0 aromatic heterocycles. The largest absolute Gasteiger partial charge is 0.368 e. The zero-order valence-corrected chi connectivity index (χ0v) is 10.5. The summed E-state index contributed by atoms with van der Waals surface area (Å²) in [5, 5.41) is 0. The molecule has 0 bridgehead atoms. The lowest BCUT2D eigenvalue weighted by Gasteiger charge is -2.26. The van der Waals surface area contributed by atoms with Gasteiger partial charge in [0.2, 0.25) is 0 Å². The van der Waals surface area contributed by atoms with E-state index in [1.54, 1.807) is 0 Å². The Hall–Kier alpha value is -0.500. The second-order valence-electron chi connectivity index (χ2n) is 4.65. The molecule has 2 aliphatic rings. The van der Waals surface area contributed by atoms with Gasteiger partial charge in [0.15, 0.2) is 0 Å². The van der Waals surface area contributed by atoms with Crippen molar-refractivity contribution in [2.24, 2.45) is 0 Å². The van der Waals surface area contributed by atoms with Gasteiger partial charge >= 0.3 is 0 Å². The van der Waals surface area contributed by atoms with Crippen molar-refractivity contribution in [1.82, 2.24) is 0 Å². The fourth-order valence-electron chi connectivity index (χ4n) is 2.99. The van der Waals surface area contributed by atoms with Gasteiger partial charge in [0.1, 0.15) is 0 Å². The number of rotatable bonds is 1. The lowest BCUT2D eigenvalue weighted by atomic mass is 10.1. The zero-order chi connectivity index (χ0) is 10.3. The van der Waals surface area contributed by atoms with Gasteiger partial charge in [-0.25, -0.2) is 0 Å². The van der Waals surface area contributed by atoms with Crippen molar-refractivity contribution in [3.8, 4) is 0 Å². The fraction of sp³-hybridized carbons (Fsp3) is 0.538. The topological polar surface area (TPSA) is 3.24 Å². The van der Waals surface area contributed by atoms with Crippen LogP contribution in [0.1, 0.15) is 31.2 Å². The minimum atomic E-state index is 0.826. The lowest BCUT2D eigenvalue weighted by molar-refractivity contribution is 0.625. The normalized spacial score (nSPS) is 21.0. The van der Waals surface area contributed by atoms with E-state index in [1.165, 1.54) is 54.4 Å². The maximum atomic E-state index is 3.55. The molecule has 3 rings (SSSR count). The summed E-state index contributed by atoms with van der Waals surface area (Å²) in [4.78, 5) is 2.63. The number of hydrogen-bond acceptors (Lipinski definition) is 1. The number of anilines is 1. The van der Waals surface area contributed by atoms with Crippen LogP contribution in [-0.2, 0) is 6.42 Å². The van der Waals surface area contributed by atoms with Gasteiger partial charge in [0, 0.05) is 22.7 Å². The van der Waals surface area contributed by atoms with Crippen LogP contribution in [-0.4, -0.2) is 12.6 Å². The predicted octanol–water partition coefficient (Wildman–Crippen LogP) is 3.75. The summed E-state index contributed by atoms with van der Waals surface area (Å²) in [5.41, 5.74) is 3.02. The standard InChI is InChI=1S/C13H16BrN/c14-11-5-6-13-10(9-11)7-8-15(13)12-3-1-2-4-12/h5-6,9,12H,1-4,7-8H2. The smallest absolute Gasteiger partial charge is 0.0402 e. The predicted molar refractivity (Wildman–Crippen MR) is 67.4 cm³/mol. The summed E-state index contributed by atoms with van der Waals surface area (Å²) in [5.74, 6) is 0. The van der Waals surface area contributed by atoms with Crippen LogP contribution in [0.3, 0.4) is 0 Å². The quantitative estimate of drug-likeness (QED) is 0.748. The Morgan fingerprint density at radius 1 is 1.20 bits per heavy atom. The fourth-order valence-corrected chi connectivity index (χ4v) is 3.40. The molecule has 1 fully saturated rings. The third-order valence-corrected chi connectivity index (χ3v) is 4.23. The monoisotopic (exact) mass is 265 g/mol. The molecule has 0 N–H and O–H groups in total. The second-order valence-corrected chi connectivity index (χ2v) is 5.57. The summed E-state index contributed by atoms with van der Waals surface area (Å²) in [6.07, 6.45) is 6.87. The van der Waals surface area contributed by atoms with E-state index >= 15 is 0 Å². The van der Waals surface area contributed by atoms with Gasteiger partial charge in [-0.1, -0.05) is 28.8 Å². The first-order valence-corrected chi connectivity index (χ1v) is 6.69. The molecule has 1 nitrogen and oxygen atoms in total. The van der Waals surface area contributed by atoms with Gasteiger partial charge in [0.05, 0.1) is 0 Å². The Morgan fingerprint density at radius 3 is 2.80 bits per heavy atom. The van der Waals surface area contributed by atoms with Crippen LogP contribution in [0.5, 0.6) is 0 Å². The second kappa shape index (κ2) is 3.82. The van der Waals surface area contributed by atoms with Crippen molar-refractivity contribution in [2.75, 3.05) is 11.4 Å². The molecular weight excluding hydrogens is 250 g/mol. The molecule has 1 heterocycles. The Kier molecular flexibility index (Phi) is 2.47. The maximum absolute atomic E-state index is 3.55. The number of hydrogen-bond donors (Lipinski definition) is 0. The van der Waals surface area contributed by atoms with Crippen LogP contribution >= 0.6 is 15.9 Å². The summed E-state index contributed by atoms with van der Waals surface area (Å²) in [6.45, 7) is 1.23. The van der Waals surface area contributed by atoms with E-state index in [4.69, 9.17) is 0 Å². The Labute approximate surface area is 99.6 Å². The molecule has 0 radical (unpaired) electrons. The first-order valence-electron chi connectivity index (χ1n) is 5.90. The molecule has 2 heteroatoms. The summed E-state index contributed by atoms with van der Waals surface area (Å²) in [6, 6.07) is 7.56. The summed E-state index contributed by atoms with van der Waals surface area (Å²) in [7, 11) is 0. The Morgan fingerprint density at radius 2 is 2.00 bits per heavy atom. The van der Waals surface area contributed by atoms with Gasteiger partial charge in [-0.3, -0.25) is 0 Å². The average Bonchev–Trinajstić information content (AvgIpc) is 2.82. The van der Waals surface area contributed by atoms with Crippen LogP contribution in [0.25, 0.3) is 0 Å². The van der Waals surface area contributed by atoms with Crippen molar-refractivity contribution in [3.05, 3.63) is 28.2 Å². The van der Waals surface area contributed by atoms with Crippen LogP contribution in [0.15, 0.2) is 22.7 Å². The molecule has 0 spiro atoms. The van der Waals surface area contributed by atoms with Gasteiger partial charge in [0.25, 0.3) is 0 Å². The molecular formula is C13H16BrN. The molecule has 15 heavy (non-hydrogen) atoms.